The maximum atomic E-state index is 12.6. The topological polar surface area (TPSA) is 99.5 Å². The number of anilines is 1. The van der Waals surface area contributed by atoms with Gasteiger partial charge in [0.15, 0.2) is 0 Å². The number of aryl methyl sites for hydroxylation is 2. The van der Waals surface area contributed by atoms with Crippen LogP contribution in [0.15, 0.2) is 6.20 Å². The van der Waals surface area contributed by atoms with Gasteiger partial charge in [0, 0.05) is 13.2 Å². The Labute approximate surface area is 161 Å². The number of ether oxygens (including phenoxy) is 2. The minimum Gasteiger partial charge on any atom is -0.462 e. The van der Waals surface area contributed by atoms with E-state index in [1.165, 1.54) is 4.68 Å². The molecule has 8 nitrogen and oxygen atoms in total. The van der Waals surface area contributed by atoms with E-state index in [-0.39, 0.29) is 28.2 Å². The van der Waals surface area contributed by atoms with Crippen LogP contribution in [0.1, 0.15) is 62.4 Å². The van der Waals surface area contributed by atoms with E-state index < -0.39 is 17.8 Å². The first-order chi connectivity index (χ1) is 12.6. The summed E-state index contributed by atoms with van der Waals surface area (Å²) < 4.78 is 11.8. The lowest BCUT2D eigenvalue weighted by Gasteiger charge is -2.10. The highest BCUT2D eigenvalue weighted by atomic mass is 32.1. The molecule has 0 spiro atoms. The van der Waals surface area contributed by atoms with Crippen LogP contribution in [-0.2, 0) is 16.5 Å². The summed E-state index contributed by atoms with van der Waals surface area (Å²) in [5.41, 5.74) is 1.51. The summed E-state index contributed by atoms with van der Waals surface area (Å²) in [6.07, 6.45) is 1.25. The fourth-order valence-corrected chi connectivity index (χ4v) is 3.59. The first-order valence-electron chi connectivity index (χ1n) is 8.48. The van der Waals surface area contributed by atoms with Crippen molar-refractivity contribution in [3.63, 3.8) is 0 Å². The molecule has 0 saturated carbocycles. The predicted molar refractivity (Wildman–Crippen MR) is 101 cm³/mol. The van der Waals surface area contributed by atoms with Gasteiger partial charge in [-0.25, -0.2) is 9.59 Å². The molecule has 1 N–H and O–H groups in total. The maximum absolute atomic E-state index is 12.6. The second-order valence-electron chi connectivity index (χ2n) is 6.19. The van der Waals surface area contributed by atoms with Gasteiger partial charge in [-0.1, -0.05) is 0 Å². The van der Waals surface area contributed by atoms with Crippen LogP contribution in [0.5, 0.6) is 0 Å². The zero-order valence-electron chi connectivity index (χ0n) is 16.2. The number of thiophene rings is 1. The average molecular weight is 393 g/mol. The number of carbonyl (C=O) groups is 3. The normalized spacial score (nSPS) is 10.8. The van der Waals surface area contributed by atoms with Gasteiger partial charge in [-0.2, -0.15) is 5.10 Å². The molecule has 27 heavy (non-hydrogen) atoms. The van der Waals surface area contributed by atoms with Gasteiger partial charge in [-0.15, -0.1) is 11.3 Å². The molecule has 0 unspecified atom stereocenters. The van der Waals surface area contributed by atoms with Crippen molar-refractivity contribution in [1.29, 1.82) is 0 Å². The zero-order chi connectivity index (χ0) is 20.3. The van der Waals surface area contributed by atoms with Crippen molar-refractivity contribution < 1.29 is 23.9 Å². The summed E-state index contributed by atoms with van der Waals surface area (Å²) in [4.78, 5) is 37.6. The maximum Gasteiger partial charge on any atom is 0.348 e. The lowest BCUT2D eigenvalue weighted by molar-refractivity contribution is 0.0379. The van der Waals surface area contributed by atoms with E-state index in [1.807, 2.05) is 0 Å². The molecule has 0 fully saturated rings. The van der Waals surface area contributed by atoms with E-state index in [4.69, 9.17) is 9.47 Å². The summed E-state index contributed by atoms with van der Waals surface area (Å²) >= 11 is 0.991. The summed E-state index contributed by atoms with van der Waals surface area (Å²) in [5, 5.41) is 7.10. The van der Waals surface area contributed by atoms with Gasteiger partial charge in [0.05, 0.1) is 29.5 Å². The number of esters is 2. The highest BCUT2D eigenvalue weighted by Crippen LogP contribution is 2.35. The molecule has 0 aliphatic rings. The minimum absolute atomic E-state index is 0.159. The van der Waals surface area contributed by atoms with E-state index in [0.29, 0.717) is 16.8 Å². The number of aromatic nitrogens is 2. The van der Waals surface area contributed by atoms with E-state index in [9.17, 15) is 14.4 Å². The number of hydrogen-bond acceptors (Lipinski definition) is 7. The Kier molecular flexibility index (Phi) is 6.37. The number of nitrogens with zero attached hydrogens (tertiary/aromatic N) is 2. The van der Waals surface area contributed by atoms with E-state index in [1.54, 1.807) is 47.9 Å². The van der Waals surface area contributed by atoms with Gasteiger partial charge in [0.25, 0.3) is 5.91 Å². The molecular formula is C18H23N3O5S. The summed E-state index contributed by atoms with van der Waals surface area (Å²) in [6, 6.07) is 0. The molecule has 0 saturated heterocycles. The Morgan fingerprint density at radius 1 is 1.26 bits per heavy atom. The van der Waals surface area contributed by atoms with Crippen LogP contribution in [0, 0.1) is 13.8 Å². The third-order valence-electron chi connectivity index (χ3n) is 3.64. The largest absolute Gasteiger partial charge is 0.462 e. The predicted octanol–water partition coefficient (Wildman–Crippen LogP) is 3.09. The van der Waals surface area contributed by atoms with Gasteiger partial charge in [-0.3, -0.25) is 9.48 Å². The van der Waals surface area contributed by atoms with Crippen LogP contribution < -0.4 is 5.32 Å². The fraction of sp³-hybridized carbons (Fsp3) is 0.444. The second-order valence-corrected chi connectivity index (χ2v) is 7.21. The Balaban J connectivity index is 2.45. The minimum atomic E-state index is -0.604. The first kappa shape index (κ1) is 20.6. The molecular weight excluding hydrogens is 370 g/mol. The number of hydrogen-bond donors (Lipinski definition) is 1. The molecule has 1 amide bonds. The van der Waals surface area contributed by atoms with Crippen molar-refractivity contribution in [2.45, 2.75) is 40.7 Å². The van der Waals surface area contributed by atoms with Crippen molar-refractivity contribution in [2.24, 2.45) is 7.05 Å². The molecule has 2 aromatic rings. The van der Waals surface area contributed by atoms with Crippen molar-refractivity contribution in [1.82, 2.24) is 9.78 Å². The third kappa shape index (κ3) is 4.54. The average Bonchev–Trinajstić information content (AvgIpc) is 3.06. The Hall–Kier alpha value is -2.68. The van der Waals surface area contributed by atoms with Crippen LogP contribution in [0.4, 0.5) is 5.00 Å². The molecule has 2 aromatic heterocycles. The molecule has 0 aliphatic carbocycles. The zero-order valence-corrected chi connectivity index (χ0v) is 17.0. The van der Waals surface area contributed by atoms with Crippen molar-refractivity contribution in [3.8, 4) is 0 Å². The quantitative estimate of drug-likeness (QED) is 0.757. The van der Waals surface area contributed by atoms with Crippen molar-refractivity contribution in [2.75, 3.05) is 11.9 Å². The van der Waals surface area contributed by atoms with Gasteiger partial charge in [0.2, 0.25) is 0 Å². The SMILES string of the molecule is CCOC(=O)c1sc(NC(=O)c2cn(C)nc2C)c(C(=O)OC(C)C)c1C. The molecule has 0 aliphatic heterocycles. The molecule has 9 heteroatoms. The van der Waals surface area contributed by atoms with Crippen LogP contribution >= 0.6 is 11.3 Å². The highest BCUT2D eigenvalue weighted by molar-refractivity contribution is 7.18. The Morgan fingerprint density at radius 2 is 1.93 bits per heavy atom. The Morgan fingerprint density at radius 3 is 2.44 bits per heavy atom. The second kappa shape index (κ2) is 8.34. The van der Waals surface area contributed by atoms with Gasteiger partial charge < -0.3 is 14.8 Å². The van der Waals surface area contributed by atoms with E-state index >= 15 is 0 Å². The lowest BCUT2D eigenvalue weighted by Crippen LogP contribution is -2.17. The molecule has 2 rings (SSSR count). The molecule has 0 aromatic carbocycles. The standard InChI is InChI=1S/C18H23N3O5S/c1-7-25-18(24)14-10(4)13(17(23)26-9(2)3)16(27-14)19-15(22)12-8-21(6)20-11(12)5/h8-9H,7H2,1-6H3,(H,19,22). The lowest BCUT2D eigenvalue weighted by atomic mass is 10.1. The number of amides is 1. The molecule has 0 radical (unpaired) electrons. The van der Waals surface area contributed by atoms with Gasteiger partial charge in [0.1, 0.15) is 9.88 Å². The summed E-state index contributed by atoms with van der Waals surface area (Å²) in [7, 11) is 1.71. The number of carbonyl (C=O) groups excluding carboxylic acids is 3. The Bertz CT molecular complexity index is 882. The van der Waals surface area contributed by atoms with Gasteiger partial charge in [-0.05, 0) is 40.2 Å². The van der Waals surface area contributed by atoms with Crippen LogP contribution in [0.3, 0.4) is 0 Å². The highest BCUT2D eigenvalue weighted by Gasteiger charge is 2.28. The summed E-state index contributed by atoms with van der Waals surface area (Å²) in [5.74, 6) is -1.57. The summed E-state index contributed by atoms with van der Waals surface area (Å²) in [6.45, 7) is 8.70. The first-order valence-corrected chi connectivity index (χ1v) is 9.30. The van der Waals surface area contributed by atoms with Crippen LogP contribution in [0.2, 0.25) is 0 Å². The van der Waals surface area contributed by atoms with E-state index in [0.717, 1.165) is 11.3 Å². The van der Waals surface area contributed by atoms with Crippen LogP contribution in [-0.4, -0.2) is 40.3 Å². The van der Waals surface area contributed by atoms with E-state index in [2.05, 4.69) is 10.4 Å². The molecule has 0 atom stereocenters. The monoisotopic (exact) mass is 393 g/mol. The van der Waals surface area contributed by atoms with Crippen molar-refractivity contribution >= 4 is 34.2 Å². The molecule has 0 bridgehead atoms. The van der Waals surface area contributed by atoms with Crippen LogP contribution in [0.25, 0.3) is 0 Å². The molecule has 2 heterocycles. The smallest absolute Gasteiger partial charge is 0.348 e. The number of rotatable bonds is 6. The van der Waals surface area contributed by atoms with Crippen molar-refractivity contribution in [3.05, 3.63) is 33.5 Å². The number of nitrogens with one attached hydrogen (secondary N) is 1. The van der Waals surface area contributed by atoms with Gasteiger partial charge >= 0.3 is 11.9 Å². The fourth-order valence-electron chi connectivity index (χ4n) is 2.50. The molecule has 146 valence electrons. The third-order valence-corrected chi connectivity index (χ3v) is 4.83.